The summed E-state index contributed by atoms with van der Waals surface area (Å²) in [5.41, 5.74) is 4.69. The van der Waals surface area contributed by atoms with Crippen LogP contribution in [-0.2, 0) is 9.53 Å². The number of nitrogens with zero attached hydrogens (tertiary/aromatic N) is 1. The van der Waals surface area contributed by atoms with Gasteiger partial charge < -0.3 is 15.2 Å². The second-order valence-electron chi connectivity index (χ2n) is 4.79. The van der Waals surface area contributed by atoms with E-state index in [9.17, 15) is 14.9 Å². The normalized spacial score (nSPS) is 15.0. The third kappa shape index (κ3) is 4.20. The Hall–Kier alpha value is -2.15. The number of nitro groups is 1. The lowest BCUT2D eigenvalue weighted by atomic mass is 9.96. The van der Waals surface area contributed by atoms with Crippen LogP contribution >= 0.6 is 0 Å². The van der Waals surface area contributed by atoms with Gasteiger partial charge in [0.05, 0.1) is 18.1 Å². The second kappa shape index (κ2) is 6.33. The van der Waals surface area contributed by atoms with Crippen LogP contribution in [0, 0.1) is 10.1 Å². The van der Waals surface area contributed by atoms with Crippen molar-refractivity contribution < 1.29 is 19.2 Å². The zero-order chi connectivity index (χ0) is 15.3. The fourth-order valence-corrected chi connectivity index (χ4v) is 1.83. The molecule has 0 aliphatic heterocycles. The number of hydrogen-bond donors (Lipinski definition) is 1. The van der Waals surface area contributed by atoms with E-state index >= 15 is 0 Å². The zero-order valence-electron chi connectivity index (χ0n) is 11.7. The Morgan fingerprint density at radius 3 is 2.45 bits per heavy atom. The number of nitrogens with two attached hydrogens (primary N) is 1. The molecule has 20 heavy (non-hydrogen) atoms. The molecule has 0 fully saturated rings. The summed E-state index contributed by atoms with van der Waals surface area (Å²) in [4.78, 5) is 21.5. The van der Waals surface area contributed by atoms with Crippen molar-refractivity contribution in [2.75, 3.05) is 7.11 Å². The number of rotatable bonds is 6. The van der Waals surface area contributed by atoms with Crippen molar-refractivity contribution in [3.63, 3.8) is 0 Å². The number of carbonyl (C=O) groups excluding carboxylic acids is 1. The lowest BCUT2D eigenvalue weighted by Gasteiger charge is -2.25. The van der Waals surface area contributed by atoms with Gasteiger partial charge in [-0.3, -0.25) is 14.9 Å². The Labute approximate surface area is 116 Å². The largest absolute Gasteiger partial charge is 0.491 e. The van der Waals surface area contributed by atoms with Crippen molar-refractivity contribution in [2.24, 2.45) is 5.73 Å². The van der Waals surface area contributed by atoms with Gasteiger partial charge in [-0.1, -0.05) is 0 Å². The number of non-ortho nitro benzene ring substituents is 1. The quantitative estimate of drug-likeness (QED) is 0.483. The predicted octanol–water partition coefficient (Wildman–Crippen LogP) is 1.64. The van der Waals surface area contributed by atoms with Crippen LogP contribution < -0.4 is 10.5 Å². The van der Waals surface area contributed by atoms with E-state index in [1.807, 2.05) is 0 Å². The Balaban J connectivity index is 2.64. The molecule has 1 rings (SSSR count). The van der Waals surface area contributed by atoms with E-state index in [1.54, 1.807) is 13.8 Å². The smallest absolute Gasteiger partial charge is 0.325 e. The molecule has 0 aliphatic rings. The van der Waals surface area contributed by atoms with Crippen LogP contribution in [-0.4, -0.2) is 29.6 Å². The first-order valence-corrected chi connectivity index (χ1v) is 6.04. The van der Waals surface area contributed by atoms with E-state index in [0.717, 1.165) is 0 Å². The van der Waals surface area contributed by atoms with Crippen LogP contribution in [0.3, 0.4) is 0 Å². The maximum Gasteiger partial charge on any atom is 0.325 e. The van der Waals surface area contributed by atoms with Crippen LogP contribution in [0.2, 0.25) is 0 Å². The molecule has 0 aliphatic carbocycles. The molecule has 0 saturated heterocycles. The monoisotopic (exact) mass is 282 g/mol. The minimum atomic E-state index is -1.14. The molecule has 0 heterocycles. The van der Waals surface area contributed by atoms with Crippen LogP contribution in [0.1, 0.15) is 20.3 Å². The van der Waals surface area contributed by atoms with Crippen molar-refractivity contribution in [1.82, 2.24) is 0 Å². The van der Waals surface area contributed by atoms with Gasteiger partial charge in [0.1, 0.15) is 11.3 Å². The summed E-state index contributed by atoms with van der Waals surface area (Å²) in [5, 5.41) is 10.5. The molecule has 0 spiro atoms. The van der Waals surface area contributed by atoms with E-state index in [2.05, 4.69) is 4.74 Å². The van der Waals surface area contributed by atoms with Gasteiger partial charge in [0.2, 0.25) is 0 Å². The van der Waals surface area contributed by atoms with Gasteiger partial charge in [0.15, 0.2) is 0 Å². The van der Waals surface area contributed by atoms with E-state index < -0.39 is 16.4 Å². The van der Waals surface area contributed by atoms with Gasteiger partial charge in [-0.2, -0.15) is 0 Å². The summed E-state index contributed by atoms with van der Waals surface area (Å²) in [5.74, 6) is -0.0413. The third-order valence-electron chi connectivity index (χ3n) is 2.75. The number of benzene rings is 1. The van der Waals surface area contributed by atoms with E-state index in [1.165, 1.54) is 31.4 Å². The standard InChI is InChI=1S/C13H18N2O5/c1-9(8-13(2,14)12(16)19-3)20-11-6-4-10(5-7-11)15(17)18/h4-7,9H,8,14H2,1-3H3. The van der Waals surface area contributed by atoms with Crippen molar-refractivity contribution in [3.8, 4) is 5.75 Å². The summed E-state index contributed by atoms with van der Waals surface area (Å²) in [6.07, 6.45) is -0.0815. The Bertz CT molecular complexity index is 484. The third-order valence-corrected chi connectivity index (χ3v) is 2.75. The summed E-state index contributed by atoms with van der Waals surface area (Å²) >= 11 is 0. The maximum atomic E-state index is 11.5. The van der Waals surface area contributed by atoms with Crippen molar-refractivity contribution >= 4 is 11.7 Å². The number of carbonyl (C=O) groups is 1. The predicted molar refractivity (Wildman–Crippen MR) is 72.4 cm³/mol. The molecule has 110 valence electrons. The first kappa shape index (κ1) is 15.9. The van der Waals surface area contributed by atoms with Crippen LogP contribution in [0.25, 0.3) is 0 Å². The van der Waals surface area contributed by atoms with Gasteiger partial charge in [0.25, 0.3) is 5.69 Å². The highest BCUT2D eigenvalue weighted by Gasteiger charge is 2.32. The minimum absolute atomic E-state index is 0.0109. The SMILES string of the molecule is COC(=O)C(C)(N)CC(C)Oc1ccc([N+](=O)[O-])cc1. The van der Waals surface area contributed by atoms with E-state index in [-0.39, 0.29) is 18.2 Å². The fourth-order valence-electron chi connectivity index (χ4n) is 1.83. The van der Waals surface area contributed by atoms with Crippen molar-refractivity contribution in [1.29, 1.82) is 0 Å². The van der Waals surface area contributed by atoms with Gasteiger partial charge in [-0.15, -0.1) is 0 Å². The molecule has 0 amide bonds. The Kier molecular flexibility index (Phi) is 5.04. The molecular formula is C13H18N2O5. The zero-order valence-corrected chi connectivity index (χ0v) is 11.7. The molecule has 1 aromatic rings. The van der Waals surface area contributed by atoms with Gasteiger partial charge in [0, 0.05) is 18.6 Å². The molecule has 7 nitrogen and oxygen atoms in total. The number of ether oxygens (including phenoxy) is 2. The summed E-state index contributed by atoms with van der Waals surface area (Å²) < 4.78 is 10.2. The van der Waals surface area contributed by atoms with E-state index in [4.69, 9.17) is 10.5 Å². The molecule has 0 radical (unpaired) electrons. The summed E-state index contributed by atoms with van der Waals surface area (Å²) in [6, 6.07) is 5.70. The van der Waals surface area contributed by atoms with Gasteiger partial charge in [-0.05, 0) is 26.0 Å². The molecule has 0 aromatic heterocycles. The topological polar surface area (TPSA) is 105 Å². The Morgan fingerprint density at radius 1 is 1.45 bits per heavy atom. The number of esters is 1. The average Bonchev–Trinajstić information content (AvgIpc) is 2.37. The molecule has 7 heteroatoms. The highest BCUT2D eigenvalue weighted by molar-refractivity contribution is 5.79. The average molecular weight is 282 g/mol. The number of hydrogen-bond acceptors (Lipinski definition) is 6. The van der Waals surface area contributed by atoms with E-state index in [0.29, 0.717) is 5.75 Å². The summed E-state index contributed by atoms with van der Waals surface area (Å²) in [7, 11) is 1.27. The molecular weight excluding hydrogens is 264 g/mol. The highest BCUT2D eigenvalue weighted by atomic mass is 16.6. The van der Waals surface area contributed by atoms with Gasteiger partial charge >= 0.3 is 5.97 Å². The minimum Gasteiger partial charge on any atom is -0.491 e. The van der Waals surface area contributed by atoms with Crippen LogP contribution in [0.5, 0.6) is 5.75 Å². The highest BCUT2D eigenvalue weighted by Crippen LogP contribution is 2.21. The molecule has 2 N–H and O–H groups in total. The lowest BCUT2D eigenvalue weighted by Crippen LogP contribution is -2.48. The fraction of sp³-hybridized carbons (Fsp3) is 0.462. The lowest BCUT2D eigenvalue weighted by molar-refractivity contribution is -0.384. The molecule has 2 unspecified atom stereocenters. The number of nitro benzene ring substituents is 1. The molecule has 1 aromatic carbocycles. The first-order valence-electron chi connectivity index (χ1n) is 6.04. The second-order valence-corrected chi connectivity index (χ2v) is 4.79. The number of methoxy groups -OCH3 is 1. The molecule has 0 bridgehead atoms. The van der Waals surface area contributed by atoms with Crippen LogP contribution in [0.15, 0.2) is 24.3 Å². The molecule has 2 atom stereocenters. The first-order chi connectivity index (χ1) is 9.26. The Morgan fingerprint density at radius 2 is 2.00 bits per heavy atom. The van der Waals surface area contributed by atoms with Crippen molar-refractivity contribution in [2.45, 2.75) is 31.9 Å². The van der Waals surface area contributed by atoms with Gasteiger partial charge in [-0.25, -0.2) is 0 Å². The molecule has 0 saturated carbocycles. The van der Waals surface area contributed by atoms with Crippen molar-refractivity contribution in [3.05, 3.63) is 34.4 Å². The maximum absolute atomic E-state index is 11.5. The summed E-state index contributed by atoms with van der Waals surface area (Å²) in [6.45, 7) is 3.32. The van der Waals surface area contributed by atoms with Crippen LogP contribution in [0.4, 0.5) is 5.69 Å².